The van der Waals surface area contributed by atoms with Gasteiger partial charge < -0.3 is 0 Å². The van der Waals surface area contributed by atoms with E-state index in [0.717, 1.165) is 19.3 Å². The molecule has 0 aliphatic heterocycles. The van der Waals surface area contributed by atoms with E-state index in [2.05, 4.69) is 25.0 Å². The normalized spacial score (nSPS) is 10.9. The number of rotatable bonds is 11. The van der Waals surface area contributed by atoms with Crippen molar-refractivity contribution in [3.63, 3.8) is 0 Å². The molecule has 0 aromatic rings. The minimum atomic E-state index is -4.21. The van der Waals surface area contributed by atoms with Crippen LogP contribution in [0, 0.1) is 0 Å². The predicted octanol–water partition coefficient (Wildman–Crippen LogP) is 4.75. The lowest BCUT2D eigenvalue weighted by molar-refractivity contribution is 0.261. The Bertz CT molecular complexity index is 244. The van der Waals surface area contributed by atoms with Crippen LogP contribution in [-0.4, -0.2) is 19.6 Å². The van der Waals surface area contributed by atoms with Crippen LogP contribution < -0.4 is 0 Å². The summed E-state index contributed by atoms with van der Waals surface area (Å²) < 4.78 is 32.2. The molecule has 0 unspecified atom stereocenters. The van der Waals surface area contributed by atoms with Crippen molar-refractivity contribution in [3.8, 4) is 0 Å². The molecule has 0 atom stereocenters. The maximum Gasteiger partial charge on any atom is 0.397 e. The molecule has 0 fully saturated rings. The van der Waals surface area contributed by atoms with Gasteiger partial charge in [0.05, 0.1) is 6.61 Å². The second-order valence-corrected chi connectivity index (χ2v) is 5.82. The van der Waals surface area contributed by atoms with Crippen molar-refractivity contribution in [3.05, 3.63) is 0 Å². The third kappa shape index (κ3) is 27.2. The molecule has 0 aliphatic rings. The van der Waals surface area contributed by atoms with Gasteiger partial charge in [0.15, 0.2) is 0 Å². The lowest BCUT2D eigenvalue weighted by Gasteiger charge is -1.98. The Morgan fingerprint density at radius 3 is 1.42 bits per heavy atom. The van der Waals surface area contributed by atoms with Gasteiger partial charge in [0, 0.05) is 0 Å². The van der Waals surface area contributed by atoms with Crippen LogP contribution in [0.2, 0.25) is 0 Å². The minimum absolute atomic E-state index is 0.0822. The molecule has 0 saturated heterocycles. The van der Waals surface area contributed by atoms with Gasteiger partial charge in [0.2, 0.25) is 0 Å². The number of unbranched alkanes of at least 4 members (excludes halogenated alkanes) is 8. The fourth-order valence-corrected chi connectivity index (χ4v) is 1.88. The van der Waals surface area contributed by atoms with E-state index < -0.39 is 10.4 Å². The lowest BCUT2D eigenvalue weighted by Crippen LogP contribution is -2.04. The Balaban J connectivity index is 0. The standard InChI is InChI=1S/C8H18.C6H14O4S/c1-3-5-7-8-6-4-2;1-2-3-4-5-6-10-11(7,8)9/h3-8H2,1-2H3;2-6H2,1H3,(H,7,8,9). The van der Waals surface area contributed by atoms with Crippen LogP contribution >= 0.6 is 0 Å². The van der Waals surface area contributed by atoms with Crippen molar-refractivity contribution in [2.45, 2.75) is 85.0 Å². The minimum Gasteiger partial charge on any atom is -0.264 e. The van der Waals surface area contributed by atoms with Gasteiger partial charge in [-0.25, -0.2) is 4.18 Å². The SMILES string of the molecule is CCCCCCCC.CCCCCCOS(=O)(=O)O. The quantitative estimate of drug-likeness (QED) is 0.441. The molecule has 0 bridgehead atoms. The fourth-order valence-electron chi connectivity index (χ4n) is 1.55. The van der Waals surface area contributed by atoms with E-state index in [1.54, 1.807) is 0 Å². The molecule has 0 radical (unpaired) electrons. The summed E-state index contributed by atoms with van der Waals surface area (Å²) >= 11 is 0. The van der Waals surface area contributed by atoms with E-state index in [1.165, 1.54) is 38.5 Å². The van der Waals surface area contributed by atoms with Gasteiger partial charge in [-0.3, -0.25) is 4.55 Å². The highest BCUT2D eigenvalue weighted by atomic mass is 32.3. The van der Waals surface area contributed by atoms with Crippen LogP contribution in [0.15, 0.2) is 0 Å². The number of hydrogen-bond donors (Lipinski definition) is 1. The average molecular weight is 296 g/mol. The smallest absolute Gasteiger partial charge is 0.264 e. The first kappa shape index (κ1) is 21.2. The summed E-state index contributed by atoms with van der Waals surface area (Å²) in [6, 6.07) is 0. The molecule has 0 aliphatic carbocycles. The van der Waals surface area contributed by atoms with Crippen LogP contribution in [0.4, 0.5) is 0 Å². The van der Waals surface area contributed by atoms with Crippen molar-refractivity contribution >= 4 is 10.4 Å². The highest BCUT2D eigenvalue weighted by molar-refractivity contribution is 7.80. The van der Waals surface area contributed by atoms with Crippen LogP contribution in [0.1, 0.15) is 85.0 Å². The van der Waals surface area contributed by atoms with Crippen molar-refractivity contribution in [2.24, 2.45) is 0 Å². The zero-order valence-corrected chi connectivity index (χ0v) is 13.7. The van der Waals surface area contributed by atoms with Gasteiger partial charge in [-0.2, -0.15) is 8.42 Å². The van der Waals surface area contributed by atoms with Gasteiger partial charge >= 0.3 is 10.4 Å². The third-order valence-electron chi connectivity index (χ3n) is 2.69. The van der Waals surface area contributed by atoms with Crippen LogP contribution in [0.5, 0.6) is 0 Å². The second kappa shape index (κ2) is 15.9. The second-order valence-electron chi connectivity index (χ2n) is 4.72. The summed E-state index contributed by atoms with van der Waals surface area (Å²) in [6.07, 6.45) is 12.3. The Hall–Kier alpha value is -0.130. The maximum absolute atomic E-state index is 10.00. The summed E-state index contributed by atoms with van der Waals surface area (Å²) in [6.45, 7) is 6.65. The molecule has 0 aromatic carbocycles. The summed E-state index contributed by atoms with van der Waals surface area (Å²) in [5.74, 6) is 0. The van der Waals surface area contributed by atoms with Crippen LogP contribution in [-0.2, 0) is 14.6 Å². The molecule has 0 amide bonds. The van der Waals surface area contributed by atoms with E-state index in [0.29, 0.717) is 6.42 Å². The van der Waals surface area contributed by atoms with Gasteiger partial charge in [-0.15, -0.1) is 0 Å². The van der Waals surface area contributed by atoms with E-state index in [9.17, 15) is 8.42 Å². The molecule has 0 rings (SSSR count). The van der Waals surface area contributed by atoms with Crippen molar-refractivity contribution in [1.82, 2.24) is 0 Å². The Labute approximate surface area is 119 Å². The lowest BCUT2D eigenvalue weighted by atomic mass is 10.1. The molecule has 0 spiro atoms. The van der Waals surface area contributed by atoms with E-state index in [1.807, 2.05) is 0 Å². The van der Waals surface area contributed by atoms with Crippen LogP contribution in [0.25, 0.3) is 0 Å². The molecule has 0 heterocycles. The molecule has 118 valence electrons. The first-order valence-corrected chi connectivity index (χ1v) is 8.96. The Morgan fingerprint density at radius 1 is 0.737 bits per heavy atom. The summed E-state index contributed by atoms with van der Waals surface area (Å²) in [5.41, 5.74) is 0. The molecular formula is C14H32O4S. The molecular weight excluding hydrogens is 264 g/mol. The number of hydrogen-bond acceptors (Lipinski definition) is 3. The summed E-state index contributed by atoms with van der Waals surface area (Å²) in [4.78, 5) is 0. The van der Waals surface area contributed by atoms with Gasteiger partial charge in [0.1, 0.15) is 0 Å². The average Bonchev–Trinajstić information content (AvgIpc) is 2.34. The first-order valence-electron chi connectivity index (χ1n) is 7.59. The Kier molecular flexibility index (Phi) is 17.7. The molecule has 5 heteroatoms. The zero-order chi connectivity index (χ0) is 15.0. The maximum atomic E-state index is 10.00. The predicted molar refractivity (Wildman–Crippen MR) is 80.7 cm³/mol. The van der Waals surface area contributed by atoms with E-state index >= 15 is 0 Å². The molecule has 1 N–H and O–H groups in total. The van der Waals surface area contributed by atoms with E-state index in [-0.39, 0.29) is 6.61 Å². The van der Waals surface area contributed by atoms with Gasteiger partial charge in [0.25, 0.3) is 0 Å². The first-order chi connectivity index (χ1) is 8.97. The van der Waals surface area contributed by atoms with E-state index in [4.69, 9.17) is 4.55 Å². The molecule has 0 aromatic heterocycles. The largest absolute Gasteiger partial charge is 0.397 e. The highest BCUT2D eigenvalue weighted by Gasteiger charge is 2.01. The van der Waals surface area contributed by atoms with Gasteiger partial charge in [-0.05, 0) is 6.42 Å². The zero-order valence-electron chi connectivity index (χ0n) is 12.9. The summed E-state index contributed by atoms with van der Waals surface area (Å²) in [7, 11) is -4.21. The van der Waals surface area contributed by atoms with Crippen LogP contribution in [0.3, 0.4) is 0 Å². The third-order valence-corrected chi connectivity index (χ3v) is 3.15. The van der Waals surface area contributed by atoms with Crippen molar-refractivity contribution in [2.75, 3.05) is 6.61 Å². The van der Waals surface area contributed by atoms with Crippen molar-refractivity contribution < 1.29 is 17.2 Å². The topological polar surface area (TPSA) is 63.6 Å². The highest BCUT2D eigenvalue weighted by Crippen LogP contribution is 2.03. The Morgan fingerprint density at radius 2 is 1.11 bits per heavy atom. The monoisotopic (exact) mass is 296 g/mol. The summed E-state index contributed by atoms with van der Waals surface area (Å²) in [5, 5.41) is 0. The van der Waals surface area contributed by atoms with Crippen molar-refractivity contribution in [1.29, 1.82) is 0 Å². The van der Waals surface area contributed by atoms with Gasteiger partial charge in [-0.1, -0.05) is 78.6 Å². The molecule has 0 saturated carbocycles. The molecule has 4 nitrogen and oxygen atoms in total. The molecule has 19 heavy (non-hydrogen) atoms. The fraction of sp³-hybridized carbons (Fsp3) is 1.00.